The molecule has 0 spiro atoms. The van der Waals surface area contributed by atoms with Gasteiger partial charge in [0.15, 0.2) is 17.2 Å². The Hall–Kier alpha value is -3.07. The van der Waals surface area contributed by atoms with E-state index >= 15 is 0 Å². The topological polar surface area (TPSA) is 97.5 Å². The number of ether oxygens (including phenoxy) is 1. The number of aromatic nitrogens is 5. The highest BCUT2D eigenvalue weighted by Crippen LogP contribution is 2.20. The predicted molar refractivity (Wildman–Crippen MR) is 90.6 cm³/mol. The van der Waals surface area contributed by atoms with E-state index in [-0.39, 0.29) is 12.0 Å². The van der Waals surface area contributed by atoms with Gasteiger partial charge in [0.05, 0.1) is 12.3 Å². The zero-order chi connectivity index (χ0) is 17.2. The molecule has 9 nitrogen and oxygen atoms in total. The first-order valence-corrected chi connectivity index (χ1v) is 7.96. The summed E-state index contributed by atoms with van der Waals surface area (Å²) >= 11 is 0. The molecule has 0 aromatic carbocycles. The summed E-state index contributed by atoms with van der Waals surface area (Å²) in [6.45, 7) is 1.65. The van der Waals surface area contributed by atoms with Crippen molar-refractivity contribution >= 4 is 23.2 Å². The average Bonchev–Trinajstić information content (AvgIpc) is 3.29. The molecule has 25 heavy (non-hydrogen) atoms. The van der Waals surface area contributed by atoms with E-state index < -0.39 is 0 Å². The van der Waals surface area contributed by atoms with E-state index in [1.165, 1.54) is 6.20 Å². The van der Waals surface area contributed by atoms with Crippen LogP contribution < -0.4 is 10.2 Å². The standard InChI is InChI=1S/C16H17N7O2/c1-25-11-6-8-22(10-11)15-5-4-14-17-9-12(23(14)21-15)16(24)19-13-3-2-7-18-20-13/h2-5,7,9,11H,6,8,10H2,1H3,(H,19,20,24). The molecule has 3 aromatic rings. The Morgan fingerprint density at radius 3 is 3.04 bits per heavy atom. The molecule has 0 saturated carbocycles. The van der Waals surface area contributed by atoms with E-state index in [9.17, 15) is 4.79 Å². The van der Waals surface area contributed by atoms with Gasteiger partial charge >= 0.3 is 0 Å². The van der Waals surface area contributed by atoms with Crippen LogP contribution in [0.4, 0.5) is 11.6 Å². The predicted octanol–water partition coefficient (Wildman–Crippen LogP) is 0.997. The molecule has 3 aromatic heterocycles. The molecule has 1 fully saturated rings. The van der Waals surface area contributed by atoms with Gasteiger partial charge in [0.2, 0.25) is 0 Å². The first-order valence-electron chi connectivity index (χ1n) is 7.96. The van der Waals surface area contributed by atoms with Crippen molar-refractivity contribution in [2.45, 2.75) is 12.5 Å². The minimum atomic E-state index is -0.339. The fraction of sp³-hybridized carbons (Fsp3) is 0.312. The first kappa shape index (κ1) is 15.5. The molecule has 1 aliphatic heterocycles. The third-order valence-corrected chi connectivity index (χ3v) is 4.20. The van der Waals surface area contributed by atoms with E-state index in [1.54, 1.807) is 30.0 Å². The Bertz CT molecular complexity index is 896. The SMILES string of the molecule is COC1CCN(c2ccc3ncc(C(=O)Nc4cccnn4)n3n2)C1. The molecule has 128 valence electrons. The van der Waals surface area contributed by atoms with Gasteiger partial charge in [-0.2, -0.15) is 5.10 Å². The molecule has 1 unspecified atom stereocenters. The minimum absolute atomic E-state index is 0.208. The number of rotatable bonds is 4. The van der Waals surface area contributed by atoms with Crippen molar-refractivity contribution in [3.8, 4) is 0 Å². The van der Waals surface area contributed by atoms with E-state index in [1.807, 2.05) is 12.1 Å². The van der Waals surface area contributed by atoms with Crippen LogP contribution in [0.5, 0.6) is 0 Å². The number of hydrogen-bond donors (Lipinski definition) is 1. The maximum atomic E-state index is 12.5. The summed E-state index contributed by atoms with van der Waals surface area (Å²) in [6.07, 6.45) is 4.21. The molecule has 1 N–H and O–H groups in total. The summed E-state index contributed by atoms with van der Waals surface area (Å²) in [5.41, 5.74) is 0.945. The van der Waals surface area contributed by atoms with Crippen molar-refractivity contribution in [1.29, 1.82) is 0 Å². The van der Waals surface area contributed by atoms with Gasteiger partial charge in [-0.25, -0.2) is 9.50 Å². The Morgan fingerprint density at radius 2 is 2.28 bits per heavy atom. The molecule has 1 amide bonds. The Morgan fingerprint density at radius 1 is 1.36 bits per heavy atom. The number of amides is 1. The molecule has 0 aliphatic carbocycles. The smallest absolute Gasteiger partial charge is 0.277 e. The van der Waals surface area contributed by atoms with Gasteiger partial charge < -0.3 is 15.0 Å². The number of anilines is 2. The van der Waals surface area contributed by atoms with Crippen molar-refractivity contribution in [3.05, 3.63) is 42.4 Å². The van der Waals surface area contributed by atoms with Gasteiger partial charge in [-0.3, -0.25) is 4.79 Å². The Kier molecular flexibility index (Phi) is 3.98. The van der Waals surface area contributed by atoms with Crippen molar-refractivity contribution in [2.75, 3.05) is 30.4 Å². The van der Waals surface area contributed by atoms with Crippen LogP contribution in [-0.2, 0) is 4.74 Å². The molecular weight excluding hydrogens is 322 g/mol. The van der Waals surface area contributed by atoms with Crippen LogP contribution in [0, 0.1) is 0 Å². The number of carbonyl (C=O) groups excluding carboxylic acids is 1. The van der Waals surface area contributed by atoms with Crippen LogP contribution in [0.15, 0.2) is 36.7 Å². The van der Waals surface area contributed by atoms with Crippen molar-refractivity contribution < 1.29 is 9.53 Å². The van der Waals surface area contributed by atoms with E-state index in [0.717, 1.165) is 25.3 Å². The fourth-order valence-electron chi connectivity index (χ4n) is 2.86. The van der Waals surface area contributed by atoms with Gasteiger partial charge in [0.1, 0.15) is 5.82 Å². The molecule has 0 radical (unpaired) electrons. The van der Waals surface area contributed by atoms with Gasteiger partial charge in [-0.1, -0.05) is 0 Å². The number of imidazole rings is 1. The maximum absolute atomic E-state index is 12.5. The molecule has 1 atom stereocenters. The molecule has 1 saturated heterocycles. The quantitative estimate of drug-likeness (QED) is 0.757. The molecule has 9 heteroatoms. The average molecular weight is 339 g/mol. The van der Waals surface area contributed by atoms with Crippen LogP contribution in [0.25, 0.3) is 5.65 Å². The molecule has 0 bridgehead atoms. The zero-order valence-corrected chi connectivity index (χ0v) is 13.7. The molecule has 1 aliphatic rings. The Balaban J connectivity index is 1.61. The van der Waals surface area contributed by atoms with Gasteiger partial charge in [0.25, 0.3) is 5.91 Å². The second-order valence-corrected chi connectivity index (χ2v) is 5.76. The van der Waals surface area contributed by atoms with Crippen molar-refractivity contribution in [1.82, 2.24) is 24.8 Å². The van der Waals surface area contributed by atoms with Gasteiger partial charge in [-0.15, -0.1) is 10.2 Å². The fourth-order valence-corrected chi connectivity index (χ4v) is 2.86. The zero-order valence-electron chi connectivity index (χ0n) is 13.7. The van der Waals surface area contributed by atoms with Crippen LogP contribution in [0.2, 0.25) is 0 Å². The van der Waals surface area contributed by atoms with E-state index in [2.05, 4.69) is 30.5 Å². The number of methoxy groups -OCH3 is 1. The summed E-state index contributed by atoms with van der Waals surface area (Å²) in [5, 5.41) is 14.9. The Labute approximate surface area is 143 Å². The van der Waals surface area contributed by atoms with Crippen molar-refractivity contribution in [2.24, 2.45) is 0 Å². The maximum Gasteiger partial charge on any atom is 0.277 e. The van der Waals surface area contributed by atoms with Crippen LogP contribution in [0.3, 0.4) is 0 Å². The molecule has 4 heterocycles. The lowest BCUT2D eigenvalue weighted by Gasteiger charge is -2.17. The number of carbonyl (C=O) groups is 1. The lowest BCUT2D eigenvalue weighted by atomic mass is 10.3. The van der Waals surface area contributed by atoms with Gasteiger partial charge in [0, 0.05) is 26.4 Å². The molecule has 4 rings (SSSR count). The van der Waals surface area contributed by atoms with Gasteiger partial charge in [-0.05, 0) is 30.7 Å². The third kappa shape index (κ3) is 3.01. The highest BCUT2D eigenvalue weighted by atomic mass is 16.5. The largest absolute Gasteiger partial charge is 0.380 e. The summed E-state index contributed by atoms with van der Waals surface area (Å²) in [5.74, 6) is 0.827. The lowest BCUT2D eigenvalue weighted by Crippen LogP contribution is -2.24. The van der Waals surface area contributed by atoms with Crippen molar-refractivity contribution in [3.63, 3.8) is 0 Å². The van der Waals surface area contributed by atoms with Crippen LogP contribution in [0.1, 0.15) is 16.9 Å². The summed E-state index contributed by atoms with van der Waals surface area (Å²) in [7, 11) is 1.72. The number of nitrogens with one attached hydrogen (secondary N) is 1. The number of nitrogens with zero attached hydrogens (tertiary/aromatic N) is 6. The number of fused-ring (bicyclic) bond motifs is 1. The summed E-state index contributed by atoms with van der Waals surface area (Å²) in [4.78, 5) is 18.9. The van der Waals surface area contributed by atoms with E-state index in [0.29, 0.717) is 17.2 Å². The highest BCUT2D eigenvalue weighted by molar-refractivity contribution is 6.02. The summed E-state index contributed by atoms with van der Waals surface area (Å²) < 4.78 is 6.94. The lowest BCUT2D eigenvalue weighted by molar-refractivity contribution is 0.101. The van der Waals surface area contributed by atoms with Crippen LogP contribution in [-0.4, -0.2) is 57.0 Å². The van der Waals surface area contributed by atoms with E-state index in [4.69, 9.17) is 4.74 Å². The summed E-state index contributed by atoms with van der Waals surface area (Å²) in [6, 6.07) is 7.13. The highest BCUT2D eigenvalue weighted by Gasteiger charge is 2.24. The third-order valence-electron chi connectivity index (χ3n) is 4.20. The first-order chi connectivity index (χ1) is 12.2. The second-order valence-electron chi connectivity index (χ2n) is 5.76. The normalized spacial score (nSPS) is 17.2. The monoisotopic (exact) mass is 339 g/mol. The minimum Gasteiger partial charge on any atom is -0.380 e. The van der Waals surface area contributed by atoms with Crippen LogP contribution >= 0.6 is 0 Å². The molecular formula is C16H17N7O2. The second kappa shape index (κ2) is 6.44. The number of hydrogen-bond acceptors (Lipinski definition) is 7.